The molecule has 1 aromatic heterocycles. The average Bonchev–Trinajstić information content (AvgIpc) is 2.79. The topological polar surface area (TPSA) is 41.3 Å². The highest BCUT2D eigenvalue weighted by molar-refractivity contribution is 14.1. The predicted molar refractivity (Wildman–Crippen MR) is 96.7 cm³/mol. The first-order valence-corrected chi connectivity index (χ1v) is 8.64. The van der Waals surface area contributed by atoms with Crippen molar-refractivity contribution in [2.75, 3.05) is 20.6 Å². The maximum absolute atomic E-state index is 10.7. The van der Waals surface area contributed by atoms with Gasteiger partial charge in [-0.1, -0.05) is 27.5 Å². The molecular weight excluding hydrogens is 468 g/mol. The SMILES string of the molecule is CN(C)CCn1ncc(Cl)c1C(O)c1cc(I)ccc1Br. The van der Waals surface area contributed by atoms with Crippen LogP contribution >= 0.6 is 50.1 Å². The van der Waals surface area contributed by atoms with Crippen molar-refractivity contribution in [2.24, 2.45) is 0 Å². The molecule has 0 fully saturated rings. The van der Waals surface area contributed by atoms with Gasteiger partial charge in [0, 0.05) is 20.2 Å². The molecule has 2 rings (SSSR count). The van der Waals surface area contributed by atoms with Gasteiger partial charge in [0.2, 0.25) is 0 Å². The first kappa shape index (κ1) is 17.2. The number of hydrogen-bond acceptors (Lipinski definition) is 3. The third-order valence-corrected chi connectivity index (χ3v) is 4.79. The molecule has 1 N–H and O–H groups in total. The van der Waals surface area contributed by atoms with E-state index in [0.29, 0.717) is 17.3 Å². The van der Waals surface area contributed by atoms with Gasteiger partial charge in [-0.05, 0) is 54.9 Å². The Hall–Kier alpha value is -0.150. The Balaban J connectivity index is 2.36. The van der Waals surface area contributed by atoms with Gasteiger partial charge in [0.05, 0.1) is 23.5 Å². The molecule has 0 bridgehead atoms. The number of nitrogens with zero attached hydrogens (tertiary/aromatic N) is 3. The minimum Gasteiger partial charge on any atom is -0.382 e. The van der Waals surface area contributed by atoms with Crippen molar-refractivity contribution in [3.8, 4) is 0 Å². The molecule has 1 atom stereocenters. The van der Waals surface area contributed by atoms with Crippen LogP contribution in [-0.4, -0.2) is 40.4 Å². The van der Waals surface area contributed by atoms with Gasteiger partial charge in [-0.25, -0.2) is 0 Å². The summed E-state index contributed by atoms with van der Waals surface area (Å²) in [5.41, 5.74) is 1.41. The molecule has 0 amide bonds. The Morgan fingerprint density at radius 1 is 1.48 bits per heavy atom. The maximum Gasteiger partial charge on any atom is 0.123 e. The lowest BCUT2D eigenvalue weighted by Gasteiger charge is -2.17. The number of aromatic nitrogens is 2. The number of aliphatic hydroxyl groups excluding tert-OH is 1. The molecular formula is C14H16BrClIN3O. The van der Waals surface area contributed by atoms with Crippen molar-refractivity contribution in [2.45, 2.75) is 12.6 Å². The Morgan fingerprint density at radius 2 is 2.19 bits per heavy atom. The fourth-order valence-electron chi connectivity index (χ4n) is 1.99. The van der Waals surface area contributed by atoms with Crippen molar-refractivity contribution < 1.29 is 5.11 Å². The number of rotatable bonds is 5. The minimum atomic E-state index is -0.814. The molecule has 0 aliphatic rings. The number of benzene rings is 1. The summed E-state index contributed by atoms with van der Waals surface area (Å²) in [5, 5.41) is 15.5. The second kappa shape index (κ2) is 7.41. The zero-order valence-electron chi connectivity index (χ0n) is 11.7. The fourth-order valence-corrected chi connectivity index (χ4v) is 3.21. The van der Waals surface area contributed by atoms with E-state index in [4.69, 9.17) is 11.6 Å². The molecule has 0 saturated carbocycles. The summed E-state index contributed by atoms with van der Waals surface area (Å²) >= 11 is 11.9. The van der Waals surface area contributed by atoms with Crippen LogP contribution in [0, 0.1) is 3.57 Å². The number of aliphatic hydroxyl groups is 1. The van der Waals surface area contributed by atoms with E-state index >= 15 is 0 Å². The number of likely N-dealkylation sites (N-methyl/N-ethyl adjacent to an activating group) is 1. The van der Waals surface area contributed by atoms with E-state index in [-0.39, 0.29) is 0 Å². The smallest absolute Gasteiger partial charge is 0.123 e. The maximum atomic E-state index is 10.7. The van der Waals surface area contributed by atoms with Gasteiger partial charge < -0.3 is 10.0 Å². The standard InChI is InChI=1S/C14H16BrClIN3O/c1-19(2)5-6-20-13(12(16)8-18-20)14(21)10-7-9(17)3-4-11(10)15/h3-4,7-8,14,21H,5-6H2,1-2H3. The molecule has 0 saturated heterocycles. The van der Waals surface area contributed by atoms with E-state index in [1.54, 1.807) is 10.9 Å². The van der Waals surface area contributed by atoms with Crippen molar-refractivity contribution in [3.63, 3.8) is 0 Å². The van der Waals surface area contributed by atoms with E-state index in [1.807, 2.05) is 32.3 Å². The highest BCUT2D eigenvalue weighted by atomic mass is 127. The summed E-state index contributed by atoms with van der Waals surface area (Å²) in [6, 6.07) is 5.84. The zero-order valence-corrected chi connectivity index (χ0v) is 16.2. The van der Waals surface area contributed by atoms with E-state index in [2.05, 4.69) is 48.5 Å². The summed E-state index contributed by atoms with van der Waals surface area (Å²) in [5.74, 6) is 0. The van der Waals surface area contributed by atoms with Gasteiger partial charge in [0.15, 0.2) is 0 Å². The average molecular weight is 485 g/mol. The van der Waals surface area contributed by atoms with Gasteiger partial charge in [0.25, 0.3) is 0 Å². The number of halogens is 3. The largest absolute Gasteiger partial charge is 0.382 e. The second-order valence-corrected chi connectivity index (χ2v) is 7.48. The normalized spacial score (nSPS) is 12.9. The predicted octanol–water partition coefficient (Wildman–Crippen LogP) is 3.55. The Kier molecular flexibility index (Phi) is 6.07. The van der Waals surface area contributed by atoms with Crippen LogP contribution in [0.25, 0.3) is 0 Å². The summed E-state index contributed by atoms with van der Waals surface area (Å²) in [6.07, 6.45) is 0.767. The third kappa shape index (κ3) is 4.19. The highest BCUT2D eigenvalue weighted by Crippen LogP contribution is 2.33. The monoisotopic (exact) mass is 483 g/mol. The minimum absolute atomic E-state index is 0.479. The lowest BCUT2D eigenvalue weighted by atomic mass is 10.1. The third-order valence-electron chi connectivity index (χ3n) is 3.10. The summed E-state index contributed by atoms with van der Waals surface area (Å²) in [4.78, 5) is 2.06. The Bertz CT molecular complexity index is 633. The first-order chi connectivity index (χ1) is 9.90. The second-order valence-electron chi connectivity index (χ2n) is 4.97. The lowest BCUT2D eigenvalue weighted by Crippen LogP contribution is -2.21. The van der Waals surface area contributed by atoms with Crippen LogP contribution in [0.2, 0.25) is 5.02 Å². The van der Waals surface area contributed by atoms with E-state index in [1.165, 1.54) is 0 Å². The van der Waals surface area contributed by atoms with Gasteiger partial charge in [-0.15, -0.1) is 0 Å². The van der Waals surface area contributed by atoms with Crippen molar-refractivity contribution in [1.29, 1.82) is 0 Å². The Morgan fingerprint density at radius 3 is 2.86 bits per heavy atom. The lowest BCUT2D eigenvalue weighted by molar-refractivity contribution is 0.205. The molecule has 0 radical (unpaired) electrons. The molecule has 7 heteroatoms. The summed E-state index contributed by atoms with van der Waals surface area (Å²) in [7, 11) is 3.99. The Labute approximate surface area is 151 Å². The first-order valence-electron chi connectivity index (χ1n) is 6.39. The van der Waals surface area contributed by atoms with Gasteiger partial charge in [-0.3, -0.25) is 4.68 Å². The van der Waals surface area contributed by atoms with Crippen molar-refractivity contribution in [3.05, 3.63) is 48.7 Å². The van der Waals surface area contributed by atoms with E-state index in [9.17, 15) is 5.11 Å². The zero-order chi connectivity index (χ0) is 15.6. The van der Waals surface area contributed by atoms with Crippen molar-refractivity contribution in [1.82, 2.24) is 14.7 Å². The molecule has 2 aromatic rings. The summed E-state index contributed by atoms with van der Waals surface area (Å²) in [6.45, 7) is 1.50. The van der Waals surface area contributed by atoms with Crippen LogP contribution in [-0.2, 0) is 6.54 Å². The van der Waals surface area contributed by atoms with E-state index < -0.39 is 6.10 Å². The molecule has 0 aliphatic heterocycles. The fraction of sp³-hybridized carbons (Fsp3) is 0.357. The van der Waals surface area contributed by atoms with Crippen LogP contribution in [0.1, 0.15) is 17.4 Å². The molecule has 21 heavy (non-hydrogen) atoms. The van der Waals surface area contributed by atoms with Crippen LogP contribution in [0.3, 0.4) is 0 Å². The van der Waals surface area contributed by atoms with Crippen LogP contribution in [0.5, 0.6) is 0 Å². The molecule has 1 heterocycles. The molecule has 0 aliphatic carbocycles. The van der Waals surface area contributed by atoms with Crippen LogP contribution in [0.15, 0.2) is 28.9 Å². The molecule has 4 nitrogen and oxygen atoms in total. The number of hydrogen-bond donors (Lipinski definition) is 1. The molecule has 0 spiro atoms. The van der Waals surface area contributed by atoms with Gasteiger partial charge in [0.1, 0.15) is 6.10 Å². The molecule has 1 unspecified atom stereocenters. The summed E-state index contributed by atoms with van der Waals surface area (Å²) < 4.78 is 3.67. The van der Waals surface area contributed by atoms with E-state index in [0.717, 1.165) is 20.2 Å². The molecule has 114 valence electrons. The van der Waals surface area contributed by atoms with Gasteiger partial charge in [-0.2, -0.15) is 5.10 Å². The van der Waals surface area contributed by atoms with Gasteiger partial charge >= 0.3 is 0 Å². The quantitative estimate of drug-likeness (QED) is 0.660. The van der Waals surface area contributed by atoms with Crippen LogP contribution in [0.4, 0.5) is 0 Å². The molecule has 1 aromatic carbocycles. The van der Waals surface area contributed by atoms with Crippen LogP contribution < -0.4 is 0 Å². The van der Waals surface area contributed by atoms with Crippen molar-refractivity contribution >= 4 is 50.1 Å². The highest BCUT2D eigenvalue weighted by Gasteiger charge is 2.22.